The number of carbonyl (C=O) groups is 17. The lowest BCUT2D eigenvalue weighted by Crippen LogP contribution is -2.58. The van der Waals surface area contributed by atoms with Gasteiger partial charge in [-0.1, -0.05) is 105 Å². The Morgan fingerprint density at radius 2 is 0.489 bits per heavy atom. The molecule has 0 aromatic carbocycles. The third-order valence-electron chi connectivity index (χ3n) is 20.0. The maximum absolute atomic E-state index is 13.9. The molecule has 0 bridgehead atoms. The van der Waals surface area contributed by atoms with Gasteiger partial charge >= 0.3 is 24.0 Å². The number of hydroxylamine groups is 6. The fraction of sp³-hybridized carbons (Fsp3) is 0.807. The number of nitrogens with one attached hydrogen (secondary N) is 6. The first kappa shape index (κ1) is 119. The van der Waals surface area contributed by atoms with Crippen molar-refractivity contribution in [2.75, 3.05) is 198 Å². The number of halogens is 3. The Hall–Kier alpha value is -7.82. The second-order valence-electron chi connectivity index (χ2n) is 31.7. The molecule has 3 rings (SSSR count). The molecule has 0 unspecified atom stereocenters. The topological polar surface area (TPSA) is 520 Å². The van der Waals surface area contributed by atoms with E-state index in [1.807, 2.05) is 0 Å². The molecular weight excluding hydrogens is 1820 g/mol. The molecule has 3 saturated heterocycles. The minimum atomic E-state index is -1.76. The molecule has 3 aliphatic heterocycles. The van der Waals surface area contributed by atoms with Gasteiger partial charge in [0.2, 0.25) is 33.3 Å². The summed E-state index contributed by atoms with van der Waals surface area (Å²) in [7, 11) is 0. The number of amides is 12. The van der Waals surface area contributed by atoms with Gasteiger partial charge in [-0.15, -0.1) is 15.2 Å². The van der Waals surface area contributed by atoms with Gasteiger partial charge in [-0.05, 0) is 64.2 Å². The Balaban J connectivity index is 1.40. The van der Waals surface area contributed by atoms with Gasteiger partial charge in [0.15, 0.2) is 0 Å². The third-order valence-corrected chi connectivity index (χ3v) is 20.3. The SMILES string of the molecule is O=C(CCCCCCCNC(=O)CCOCC(COCCC(=O)NCCCCCCCC(=O)CCCOCCOCCOCCC(=O)ON1C(=O)CCC1=O)(COCCC(=O)NCCCCCCCC(=O)NCCOCCOCCOCCC(=O)ON1C(=O)CCC1=O)NC(=O)CCCCCCNC(=O)OCC(Cl)(Cl)Cl)CCCOCCOCCOCCC(=O)ON1C(=O)CCC1=O. The van der Waals surface area contributed by atoms with E-state index in [-0.39, 0.29) is 237 Å². The highest BCUT2D eigenvalue weighted by molar-refractivity contribution is 6.67. The zero-order valence-electron chi connectivity index (χ0n) is 77.2. The summed E-state index contributed by atoms with van der Waals surface area (Å²) >= 11 is 17.0. The summed E-state index contributed by atoms with van der Waals surface area (Å²) in [5.41, 5.74) is -1.36. The molecule has 0 aromatic heterocycles. The van der Waals surface area contributed by atoms with E-state index in [1.54, 1.807) is 0 Å². The molecule has 0 spiro atoms. The predicted octanol–water partition coefficient (Wildman–Crippen LogP) is 6.43. The number of hydrogen-bond donors (Lipinski definition) is 6. The third kappa shape index (κ3) is 67.1. The van der Waals surface area contributed by atoms with E-state index < -0.39 is 75.4 Å². The molecule has 42 nitrogen and oxygen atoms in total. The van der Waals surface area contributed by atoms with Crippen LogP contribution in [0.4, 0.5) is 4.79 Å². The monoisotopic (exact) mass is 1960 g/mol. The number of alkyl halides is 3. The first-order valence-electron chi connectivity index (χ1n) is 46.8. The standard InChI is InChI=1S/C88H144Cl3N9O33/c89-88(90,91)69-130-86(117)96-43-19-11-7-15-27-76(107)97-87(66-127-47-34-73(104)92-40-16-8-1-4-12-22-70(101)24-20-45-118-54-60-124-62-56-120-50-37-83(114)131-98-77(108)28-29-78(98)109,67-128-48-35-74(105)93-41-17-9-2-5-13-23-71(102)25-21-46-119-55-61-125-63-57-121-51-38-84(115)132-99-79(110)30-31-80(99)111)68-129-49-36-75(106)94-42-18-10-3-6-14-26-72(103)95-44-53-123-59-65-126-64-58-122-52-39-85(116)133-100-81(112)32-33-82(100)113/h1-69H2,(H,92,104)(H,93,105)(H,94,106)(H,95,103)(H,96,117)(H,97,107). The molecule has 3 fully saturated rings. The van der Waals surface area contributed by atoms with E-state index in [4.69, 9.17) is 111 Å². The quantitative estimate of drug-likeness (QED) is 0.0217. The molecule has 3 aliphatic rings. The summed E-state index contributed by atoms with van der Waals surface area (Å²) in [6.07, 6.45) is 16.5. The molecule has 0 radical (unpaired) electrons. The Kier molecular flexibility index (Phi) is 70.2. The molecule has 3 heterocycles. The van der Waals surface area contributed by atoms with E-state index in [2.05, 4.69) is 31.9 Å². The van der Waals surface area contributed by atoms with Crippen LogP contribution in [0, 0.1) is 0 Å². The Morgan fingerprint density at radius 3 is 0.820 bits per heavy atom. The average molecular weight is 1960 g/mol. The summed E-state index contributed by atoms with van der Waals surface area (Å²) in [4.78, 5) is 222. The fourth-order valence-corrected chi connectivity index (χ4v) is 12.9. The van der Waals surface area contributed by atoms with Gasteiger partial charge in [-0.3, -0.25) is 62.3 Å². The minimum Gasteiger partial charge on any atom is -0.445 e. The van der Waals surface area contributed by atoms with E-state index in [1.165, 1.54) is 0 Å². The minimum absolute atomic E-state index is 0.0100. The summed E-state index contributed by atoms with van der Waals surface area (Å²) in [5.74, 6) is -6.46. The number of alkyl carbamates (subject to hydrolysis) is 1. The van der Waals surface area contributed by atoms with Crippen LogP contribution in [0.1, 0.15) is 250 Å². The van der Waals surface area contributed by atoms with Crippen LogP contribution in [0.2, 0.25) is 0 Å². The molecule has 45 heteroatoms. The van der Waals surface area contributed by atoms with Gasteiger partial charge in [0, 0.05) is 142 Å². The number of rotatable bonds is 89. The molecular formula is C88H144Cl3N9O33. The largest absolute Gasteiger partial charge is 0.445 e. The number of ether oxygens (including phenoxy) is 13. The van der Waals surface area contributed by atoms with Crippen LogP contribution in [-0.4, -0.2) is 323 Å². The van der Waals surface area contributed by atoms with Crippen molar-refractivity contribution in [3.05, 3.63) is 0 Å². The average Bonchev–Trinajstić information content (AvgIpc) is 1.78. The normalized spacial score (nSPS) is 13.4. The van der Waals surface area contributed by atoms with Crippen LogP contribution < -0.4 is 31.9 Å². The molecule has 0 saturated carbocycles. The van der Waals surface area contributed by atoms with Crippen LogP contribution in [0.15, 0.2) is 0 Å². The van der Waals surface area contributed by atoms with Crippen molar-refractivity contribution < 1.29 is 158 Å². The molecule has 760 valence electrons. The lowest BCUT2D eigenvalue weighted by atomic mass is 10.0. The summed E-state index contributed by atoms with van der Waals surface area (Å²) in [6.45, 7) is 5.30. The molecule has 0 aliphatic carbocycles. The van der Waals surface area contributed by atoms with Gasteiger partial charge in [0.1, 0.15) is 23.7 Å². The first-order valence-corrected chi connectivity index (χ1v) is 47.9. The van der Waals surface area contributed by atoms with E-state index >= 15 is 0 Å². The van der Waals surface area contributed by atoms with Crippen LogP contribution in [0.5, 0.6) is 0 Å². The molecule has 133 heavy (non-hydrogen) atoms. The maximum atomic E-state index is 13.9. The predicted molar refractivity (Wildman–Crippen MR) is 476 cm³/mol. The second-order valence-corrected chi connectivity index (χ2v) is 34.2. The number of carbonyl (C=O) groups excluding carboxylic acids is 17. The Morgan fingerprint density at radius 1 is 0.241 bits per heavy atom. The van der Waals surface area contributed by atoms with Crippen LogP contribution in [-0.2, 0) is 153 Å². The second kappa shape index (κ2) is 78.2. The number of imide groups is 3. The first-order chi connectivity index (χ1) is 64.2. The van der Waals surface area contributed by atoms with Crippen molar-refractivity contribution in [1.82, 2.24) is 47.1 Å². The van der Waals surface area contributed by atoms with Crippen molar-refractivity contribution in [1.29, 1.82) is 0 Å². The summed E-state index contributed by atoms with van der Waals surface area (Å²) < 4.78 is 70.6. The van der Waals surface area contributed by atoms with Crippen molar-refractivity contribution in [3.8, 4) is 0 Å². The highest BCUT2D eigenvalue weighted by atomic mass is 35.6. The number of nitrogens with zero attached hydrogens (tertiary/aromatic N) is 3. The number of Topliss-reactive ketones (excluding diaryl/α,β-unsaturated/α-hetero) is 2. The summed E-state index contributed by atoms with van der Waals surface area (Å²) in [6, 6.07) is 0. The number of unbranched alkanes of at least 4 members (excludes halogenated alkanes) is 15. The highest BCUT2D eigenvalue weighted by Crippen LogP contribution is 2.26. The smallest absolute Gasteiger partial charge is 0.407 e. The lowest BCUT2D eigenvalue weighted by Gasteiger charge is -2.34. The van der Waals surface area contributed by atoms with Crippen molar-refractivity contribution >= 4 is 135 Å². The molecule has 6 N–H and O–H groups in total. The van der Waals surface area contributed by atoms with Gasteiger partial charge in [0.25, 0.3) is 35.4 Å². The van der Waals surface area contributed by atoms with E-state index in [0.717, 1.165) is 83.5 Å². The van der Waals surface area contributed by atoms with Crippen molar-refractivity contribution in [2.24, 2.45) is 0 Å². The molecule has 0 atom stereocenters. The van der Waals surface area contributed by atoms with Gasteiger partial charge in [0.05, 0.1) is 165 Å². The number of hydrogen-bond acceptors (Lipinski definition) is 33. The van der Waals surface area contributed by atoms with Gasteiger partial charge in [-0.25, -0.2) is 19.2 Å². The van der Waals surface area contributed by atoms with Crippen LogP contribution in [0.3, 0.4) is 0 Å². The zero-order chi connectivity index (χ0) is 96.9. The van der Waals surface area contributed by atoms with Crippen LogP contribution in [0.25, 0.3) is 0 Å². The molecule has 12 amide bonds. The Bertz CT molecular complexity index is 3060. The summed E-state index contributed by atoms with van der Waals surface area (Å²) in [5, 5.41) is 18.8. The molecule has 0 aromatic rings. The van der Waals surface area contributed by atoms with E-state index in [0.29, 0.717) is 178 Å². The van der Waals surface area contributed by atoms with Crippen LogP contribution >= 0.6 is 34.8 Å². The number of ketones is 2. The van der Waals surface area contributed by atoms with Crippen molar-refractivity contribution in [2.45, 2.75) is 260 Å². The zero-order valence-corrected chi connectivity index (χ0v) is 79.5. The lowest BCUT2D eigenvalue weighted by molar-refractivity contribution is -0.198. The van der Waals surface area contributed by atoms with Crippen molar-refractivity contribution in [3.63, 3.8) is 0 Å². The highest BCUT2D eigenvalue weighted by Gasteiger charge is 2.37. The fourth-order valence-electron chi connectivity index (χ4n) is 12.7. The van der Waals surface area contributed by atoms with Gasteiger partial charge < -0.3 is 108 Å². The van der Waals surface area contributed by atoms with Gasteiger partial charge in [-0.2, -0.15) is 0 Å². The maximum Gasteiger partial charge on any atom is 0.407 e. The Labute approximate surface area is 793 Å². The van der Waals surface area contributed by atoms with E-state index in [9.17, 15) is 81.5 Å².